The van der Waals surface area contributed by atoms with Crippen LogP contribution in [0, 0.1) is 5.82 Å². The first kappa shape index (κ1) is 15.7. The van der Waals surface area contributed by atoms with Gasteiger partial charge in [0.05, 0.1) is 6.42 Å². The summed E-state index contributed by atoms with van der Waals surface area (Å²) in [6.07, 6.45) is 0.0317. The second-order valence-corrected chi connectivity index (χ2v) is 5.58. The summed E-state index contributed by atoms with van der Waals surface area (Å²) >= 11 is 3.39. The van der Waals surface area contributed by atoms with Gasteiger partial charge in [-0.25, -0.2) is 4.39 Å². The molecule has 2 rings (SSSR count). The van der Waals surface area contributed by atoms with Crippen LogP contribution >= 0.6 is 15.9 Å². The number of hydrogen-bond acceptors (Lipinski definition) is 2. The monoisotopic (exact) mass is 351 g/mol. The zero-order valence-electron chi connectivity index (χ0n) is 11.3. The van der Waals surface area contributed by atoms with Crippen LogP contribution in [-0.2, 0) is 24.3 Å². The number of carboxylic acid groups (broad SMARTS) is 1. The van der Waals surface area contributed by atoms with Crippen LogP contribution in [0.3, 0.4) is 0 Å². The average Bonchev–Trinajstić information content (AvgIpc) is 2.44. The predicted octanol–water partition coefficient (Wildman–Crippen LogP) is 3.51. The van der Waals surface area contributed by atoms with Gasteiger partial charge in [-0.2, -0.15) is 0 Å². The van der Waals surface area contributed by atoms with Gasteiger partial charge in [-0.3, -0.25) is 4.79 Å². The molecule has 5 heteroatoms. The van der Waals surface area contributed by atoms with Gasteiger partial charge < -0.3 is 10.4 Å². The molecule has 0 saturated carbocycles. The van der Waals surface area contributed by atoms with E-state index in [4.69, 9.17) is 5.11 Å². The molecule has 2 aromatic carbocycles. The van der Waals surface area contributed by atoms with Crippen molar-refractivity contribution < 1.29 is 14.3 Å². The highest BCUT2D eigenvalue weighted by Gasteiger charge is 2.03. The van der Waals surface area contributed by atoms with Crippen LogP contribution in [0.15, 0.2) is 46.9 Å². The lowest BCUT2D eigenvalue weighted by Gasteiger charge is -2.08. The second kappa shape index (κ2) is 7.33. The highest BCUT2D eigenvalue weighted by molar-refractivity contribution is 9.10. The summed E-state index contributed by atoms with van der Waals surface area (Å²) in [4.78, 5) is 10.6. The van der Waals surface area contributed by atoms with Crippen LogP contribution in [0.25, 0.3) is 0 Å². The van der Waals surface area contributed by atoms with E-state index < -0.39 is 5.97 Å². The summed E-state index contributed by atoms with van der Waals surface area (Å²) in [5.41, 5.74) is 2.69. The molecule has 2 aromatic rings. The quantitative estimate of drug-likeness (QED) is 0.837. The van der Waals surface area contributed by atoms with Gasteiger partial charge in [0.25, 0.3) is 0 Å². The topological polar surface area (TPSA) is 49.3 Å². The number of aliphatic carboxylic acids is 1. The first-order valence-electron chi connectivity index (χ1n) is 6.49. The van der Waals surface area contributed by atoms with E-state index in [1.54, 1.807) is 6.07 Å². The Morgan fingerprint density at radius 3 is 2.43 bits per heavy atom. The Hall–Kier alpha value is -1.72. The Morgan fingerprint density at radius 2 is 1.76 bits per heavy atom. The van der Waals surface area contributed by atoms with Crippen LogP contribution in [0.4, 0.5) is 4.39 Å². The molecule has 0 aliphatic heterocycles. The zero-order valence-corrected chi connectivity index (χ0v) is 12.9. The van der Waals surface area contributed by atoms with Crippen molar-refractivity contribution in [1.82, 2.24) is 5.32 Å². The molecule has 2 N–H and O–H groups in total. The van der Waals surface area contributed by atoms with Gasteiger partial charge >= 0.3 is 5.97 Å². The second-order valence-electron chi connectivity index (χ2n) is 4.73. The molecular weight excluding hydrogens is 337 g/mol. The molecule has 0 spiro atoms. The number of nitrogens with one attached hydrogen (secondary N) is 1. The molecule has 3 nitrogen and oxygen atoms in total. The van der Waals surface area contributed by atoms with Crippen LogP contribution in [0.5, 0.6) is 0 Å². The normalized spacial score (nSPS) is 10.6. The SMILES string of the molecule is O=C(O)Cc1ccc(CNCc2cc(F)ccc2Br)cc1. The molecule has 0 atom stereocenters. The fraction of sp³-hybridized carbons (Fsp3) is 0.188. The number of halogens is 2. The lowest BCUT2D eigenvalue weighted by molar-refractivity contribution is -0.136. The van der Waals surface area contributed by atoms with Crippen LogP contribution < -0.4 is 5.32 Å². The standard InChI is InChI=1S/C16H15BrFNO2/c17-15-6-5-14(18)8-13(15)10-19-9-12-3-1-11(2-4-12)7-16(20)21/h1-6,8,19H,7,9-10H2,(H,20,21). The van der Waals surface area contributed by atoms with Crippen molar-refractivity contribution in [3.8, 4) is 0 Å². The Kier molecular flexibility index (Phi) is 5.47. The molecular formula is C16H15BrFNO2. The van der Waals surface area contributed by atoms with Crippen molar-refractivity contribution in [1.29, 1.82) is 0 Å². The first-order valence-corrected chi connectivity index (χ1v) is 7.28. The maximum atomic E-state index is 13.1. The fourth-order valence-electron chi connectivity index (χ4n) is 1.97. The highest BCUT2D eigenvalue weighted by Crippen LogP contribution is 2.17. The van der Waals surface area contributed by atoms with Gasteiger partial charge in [0.1, 0.15) is 5.82 Å². The van der Waals surface area contributed by atoms with Crippen LogP contribution in [-0.4, -0.2) is 11.1 Å². The fourth-order valence-corrected chi connectivity index (χ4v) is 2.36. The van der Waals surface area contributed by atoms with E-state index in [2.05, 4.69) is 21.2 Å². The molecule has 0 amide bonds. The minimum absolute atomic E-state index is 0.0317. The number of benzene rings is 2. The molecule has 21 heavy (non-hydrogen) atoms. The maximum absolute atomic E-state index is 13.1. The Labute approximate surface area is 130 Å². The van der Waals surface area contributed by atoms with Gasteiger partial charge in [-0.05, 0) is 34.9 Å². The third-order valence-corrected chi connectivity index (χ3v) is 3.80. The molecule has 0 unspecified atom stereocenters. The molecule has 0 aliphatic carbocycles. The van der Waals surface area contributed by atoms with Crippen molar-refractivity contribution in [3.63, 3.8) is 0 Å². The number of carboxylic acids is 1. The number of hydrogen-bond donors (Lipinski definition) is 2. The summed E-state index contributed by atoms with van der Waals surface area (Å²) in [7, 11) is 0. The van der Waals surface area contributed by atoms with Crippen molar-refractivity contribution in [3.05, 3.63) is 69.4 Å². The van der Waals surface area contributed by atoms with E-state index in [0.29, 0.717) is 13.1 Å². The van der Waals surface area contributed by atoms with Gasteiger partial charge in [-0.1, -0.05) is 40.2 Å². The van der Waals surface area contributed by atoms with E-state index >= 15 is 0 Å². The summed E-state index contributed by atoms with van der Waals surface area (Å²) in [5.74, 6) is -1.09. The Bertz CT molecular complexity index is 629. The molecule has 0 heterocycles. The van der Waals surface area contributed by atoms with Crippen molar-refractivity contribution in [2.75, 3.05) is 0 Å². The lowest BCUT2D eigenvalue weighted by Crippen LogP contribution is -2.13. The molecule has 0 saturated heterocycles. The molecule has 0 radical (unpaired) electrons. The van der Waals surface area contributed by atoms with E-state index in [0.717, 1.165) is 21.2 Å². The van der Waals surface area contributed by atoms with E-state index in [9.17, 15) is 9.18 Å². The Morgan fingerprint density at radius 1 is 1.10 bits per heavy atom. The zero-order chi connectivity index (χ0) is 15.2. The third-order valence-electron chi connectivity index (χ3n) is 3.03. The van der Waals surface area contributed by atoms with Crippen LogP contribution in [0.2, 0.25) is 0 Å². The smallest absolute Gasteiger partial charge is 0.307 e. The average molecular weight is 352 g/mol. The minimum Gasteiger partial charge on any atom is -0.481 e. The van der Waals surface area contributed by atoms with Gasteiger partial charge in [0.15, 0.2) is 0 Å². The van der Waals surface area contributed by atoms with Crippen molar-refractivity contribution in [2.24, 2.45) is 0 Å². The molecule has 0 aromatic heterocycles. The van der Waals surface area contributed by atoms with Crippen molar-refractivity contribution in [2.45, 2.75) is 19.5 Å². The van der Waals surface area contributed by atoms with Gasteiger partial charge in [0, 0.05) is 17.6 Å². The summed E-state index contributed by atoms with van der Waals surface area (Å²) < 4.78 is 14.0. The molecule has 0 aliphatic rings. The highest BCUT2D eigenvalue weighted by atomic mass is 79.9. The molecule has 0 bridgehead atoms. The lowest BCUT2D eigenvalue weighted by atomic mass is 10.1. The predicted molar refractivity (Wildman–Crippen MR) is 82.4 cm³/mol. The van der Waals surface area contributed by atoms with E-state index in [-0.39, 0.29) is 12.2 Å². The summed E-state index contributed by atoms with van der Waals surface area (Å²) in [6.45, 7) is 1.19. The Balaban J connectivity index is 1.88. The first-order chi connectivity index (χ1) is 10.0. The van der Waals surface area contributed by atoms with Gasteiger partial charge in [0.2, 0.25) is 0 Å². The number of carbonyl (C=O) groups is 1. The largest absolute Gasteiger partial charge is 0.481 e. The van der Waals surface area contributed by atoms with Crippen molar-refractivity contribution >= 4 is 21.9 Å². The number of rotatable bonds is 6. The molecule has 110 valence electrons. The maximum Gasteiger partial charge on any atom is 0.307 e. The summed E-state index contributed by atoms with van der Waals surface area (Å²) in [5, 5.41) is 11.9. The van der Waals surface area contributed by atoms with E-state index in [1.165, 1.54) is 12.1 Å². The minimum atomic E-state index is -0.836. The van der Waals surface area contributed by atoms with Gasteiger partial charge in [-0.15, -0.1) is 0 Å². The third kappa shape index (κ3) is 4.95. The van der Waals surface area contributed by atoms with E-state index in [1.807, 2.05) is 24.3 Å². The van der Waals surface area contributed by atoms with Crippen LogP contribution in [0.1, 0.15) is 16.7 Å². The molecule has 0 fully saturated rings. The summed E-state index contributed by atoms with van der Waals surface area (Å²) in [6, 6.07) is 12.0.